The smallest absolute Gasteiger partial charge is 0.251 e. The standard InChI is InChI=1S/C17H17FN4O.ClH/c18-14-4-2-1-3-12(14)13-10-20-22-15(9-16(23)21-17(13)22)11-5-7-19-8-6-11;/h1-4,9-11,19H,5-8H2,(H,21,23);1H. The second kappa shape index (κ2) is 6.75. The lowest BCUT2D eigenvalue weighted by Crippen LogP contribution is -2.28. The summed E-state index contributed by atoms with van der Waals surface area (Å²) < 4.78 is 15.8. The van der Waals surface area contributed by atoms with Gasteiger partial charge in [-0.25, -0.2) is 8.91 Å². The van der Waals surface area contributed by atoms with E-state index in [4.69, 9.17) is 0 Å². The van der Waals surface area contributed by atoms with E-state index in [1.807, 2.05) is 0 Å². The van der Waals surface area contributed by atoms with Crippen LogP contribution in [0.5, 0.6) is 0 Å². The average Bonchev–Trinajstić information content (AvgIpc) is 2.99. The molecular weight excluding hydrogens is 331 g/mol. The van der Waals surface area contributed by atoms with Gasteiger partial charge in [0.1, 0.15) is 11.5 Å². The van der Waals surface area contributed by atoms with E-state index < -0.39 is 0 Å². The van der Waals surface area contributed by atoms with Crippen molar-refractivity contribution < 1.29 is 4.39 Å². The van der Waals surface area contributed by atoms with E-state index in [2.05, 4.69) is 15.4 Å². The van der Waals surface area contributed by atoms with Crippen LogP contribution in [0, 0.1) is 5.82 Å². The van der Waals surface area contributed by atoms with Gasteiger partial charge in [-0.1, -0.05) is 18.2 Å². The molecule has 0 aliphatic carbocycles. The Morgan fingerprint density at radius 1 is 1.17 bits per heavy atom. The second-order valence-electron chi connectivity index (χ2n) is 5.88. The molecule has 4 rings (SSSR count). The van der Waals surface area contributed by atoms with Gasteiger partial charge < -0.3 is 10.3 Å². The molecule has 0 amide bonds. The maximum atomic E-state index is 14.1. The van der Waals surface area contributed by atoms with Gasteiger partial charge >= 0.3 is 0 Å². The third-order valence-electron chi connectivity index (χ3n) is 4.46. The summed E-state index contributed by atoms with van der Waals surface area (Å²) in [5, 5.41) is 7.73. The fourth-order valence-electron chi connectivity index (χ4n) is 3.30. The summed E-state index contributed by atoms with van der Waals surface area (Å²) in [5.74, 6) is -0.0371. The van der Waals surface area contributed by atoms with Crippen LogP contribution < -0.4 is 10.9 Å². The quantitative estimate of drug-likeness (QED) is 0.748. The first-order valence-corrected chi connectivity index (χ1v) is 7.80. The van der Waals surface area contributed by atoms with E-state index >= 15 is 0 Å². The van der Waals surface area contributed by atoms with Crippen LogP contribution in [0.4, 0.5) is 4.39 Å². The molecule has 0 atom stereocenters. The summed E-state index contributed by atoms with van der Waals surface area (Å²) in [6, 6.07) is 8.14. The fourth-order valence-corrected chi connectivity index (χ4v) is 3.30. The van der Waals surface area contributed by atoms with Crippen LogP contribution in [0.1, 0.15) is 24.5 Å². The summed E-state index contributed by atoms with van der Waals surface area (Å²) in [4.78, 5) is 14.9. The number of aromatic amines is 1. The fraction of sp³-hybridized carbons (Fsp3) is 0.294. The van der Waals surface area contributed by atoms with Crippen LogP contribution >= 0.6 is 12.4 Å². The van der Waals surface area contributed by atoms with Crippen LogP contribution in [0.25, 0.3) is 16.8 Å². The Hall–Kier alpha value is -2.18. The number of piperidine rings is 1. The van der Waals surface area contributed by atoms with Crippen LogP contribution in [0.15, 0.2) is 41.3 Å². The summed E-state index contributed by atoms with van der Waals surface area (Å²) in [7, 11) is 0. The van der Waals surface area contributed by atoms with Crippen LogP contribution in [0.3, 0.4) is 0 Å². The number of fused-ring (bicyclic) bond motifs is 1. The number of H-pyrrole nitrogens is 1. The van der Waals surface area contributed by atoms with Crippen molar-refractivity contribution in [2.24, 2.45) is 0 Å². The lowest BCUT2D eigenvalue weighted by molar-refractivity contribution is 0.446. The van der Waals surface area contributed by atoms with Crippen molar-refractivity contribution in [3.05, 3.63) is 58.4 Å². The average molecular weight is 349 g/mol. The Balaban J connectivity index is 0.00000169. The first kappa shape index (κ1) is 16.7. The van der Waals surface area contributed by atoms with Crippen molar-refractivity contribution in [2.45, 2.75) is 18.8 Å². The van der Waals surface area contributed by atoms with Crippen LogP contribution in [-0.4, -0.2) is 27.7 Å². The minimum Gasteiger partial charge on any atom is -0.317 e. The molecule has 0 radical (unpaired) electrons. The van der Waals surface area contributed by atoms with Gasteiger partial charge in [-0.05, 0) is 32.0 Å². The first-order valence-electron chi connectivity index (χ1n) is 7.80. The first-order chi connectivity index (χ1) is 11.2. The Morgan fingerprint density at radius 2 is 1.92 bits per heavy atom. The molecule has 1 aliphatic heterocycles. The molecule has 1 saturated heterocycles. The number of aromatic nitrogens is 3. The zero-order valence-electron chi connectivity index (χ0n) is 13.0. The molecule has 7 heteroatoms. The van der Waals surface area contributed by atoms with Gasteiger partial charge in [0.05, 0.1) is 11.9 Å². The molecule has 1 fully saturated rings. The number of nitrogens with one attached hydrogen (secondary N) is 2. The third kappa shape index (κ3) is 2.83. The predicted octanol–water partition coefficient (Wildman–Crippen LogP) is 2.72. The highest BCUT2D eigenvalue weighted by atomic mass is 35.5. The molecule has 1 aliphatic rings. The van der Waals surface area contributed by atoms with E-state index in [-0.39, 0.29) is 29.7 Å². The molecule has 0 bridgehead atoms. The number of halogens is 2. The molecule has 0 unspecified atom stereocenters. The molecule has 5 nitrogen and oxygen atoms in total. The normalized spacial score (nSPS) is 15.4. The summed E-state index contributed by atoms with van der Waals surface area (Å²) in [6.07, 6.45) is 3.55. The van der Waals surface area contributed by atoms with E-state index in [9.17, 15) is 9.18 Å². The zero-order valence-corrected chi connectivity index (χ0v) is 13.8. The molecule has 126 valence electrons. The molecule has 1 aromatic carbocycles. The predicted molar refractivity (Wildman–Crippen MR) is 93.3 cm³/mol. The van der Waals surface area contributed by atoms with Gasteiger partial charge in [-0.15, -0.1) is 12.4 Å². The Kier molecular flexibility index (Phi) is 4.69. The number of nitrogens with zero attached hydrogens (tertiary/aromatic N) is 2. The summed E-state index contributed by atoms with van der Waals surface area (Å²) in [5.41, 5.74) is 2.32. The van der Waals surface area contributed by atoms with Crippen molar-refractivity contribution in [1.82, 2.24) is 19.9 Å². The minimum absolute atomic E-state index is 0. The molecule has 3 heterocycles. The summed E-state index contributed by atoms with van der Waals surface area (Å²) in [6.45, 7) is 1.86. The third-order valence-corrected chi connectivity index (χ3v) is 4.46. The Bertz CT molecular complexity index is 914. The number of rotatable bonds is 2. The maximum absolute atomic E-state index is 14.1. The zero-order chi connectivity index (χ0) is 15.8. The molecule has 0 saturated carbocycles. The van der Waals surface area contributed by atoms with E-state index in [1.165, 1.54) is 6.07 Å². The van der Waals surface area contributed by atoms with Gasteiger partial charge in [-0.2, -0.15) is 5.10 Å². The molecular formula is C17H18ClFN4O. The number of hydrogen-bond acceptors (Lipinski definition) is 3. The van der Waals surface area contributed by atoms with Crippen molar-refractivity contribution in [3.63, 3.8) is 0 Å². The van der Waals surface area contributed by atoms with Crippen LogP contribution in [0.2, 0.25) is 0 Å². The number of benzene rings is 1. The van der Waals surface area contributed by atoms with Crippen molar-refractivity contribution in [3.8, 4) is 11.1 Å². The van der Waals surface area contributed by atoms with Gasteiger partial charge in [-0.3, -0.25) is 4.79 Å². The van der Waals surface area contributed by atoms with E-state index in [0.717, 1.165) is 31.6 Å². The summed E-state index contributed by atoms with van der Waals surface area (Å²) >= 11 is 0. The molecule has 3 aromatic rings. The Labute approximate surface area is 144 Å². The highest BCUT2D eigenvalue weighted by Gasteiger charge is 2.21. The lowest BCUT2D eigenvalue weighted by atomic mass is 9.94. The van der Waals surface area contributed by atoms with Crippen LogP contribution in [-0.2, 0) is 0 Å². The highest BCUT2D eigenvalue weighted by molar-refractivity contribution is 5.85. The van der Waals surface area contributed by atoms with Crippen molar-refractivity contribution in [2.75, 3.05) is 13.1 Å². The van der Waals surface area contributed by atoms with Crippen molar-refractivity contribution >= 4 is 18.1 Å². The largest absolute Gasteiger partial charge is 0.317 e. The molecule has 2 N–H and O–H groups in total. The minimum atomic E-state index is -0.324. The molecule has 24 heavy (non-hydrogen) atoms. The maximum Gasteiger partial charge on any atom is 0.251 e. The molecule has 0 spiro atoms. The van der Waals surface area contributed by atoms with Gasteiger partial charge in [0.15, 0.2) is 0 Å². The van der Waals surface area contributed by atoms with E-state index in [1.54, 1.807) is 35.0 Å². The van der Waals surface area contributed by atoms with Gasteiger partial charge in [0.2, 0.25) is 0 Å². The molecule has 2 aromatic heterocycles. The SMILES string of the molecule is Cl.O=c1cc(C2CCNCC2)n2ncc(-c3ccccc3F)c2[nH]1. The topological polar surface area (TPSA) is 62.2 Å². The lowest BCUT2D eigenvalue weighted by Gasteiger charge is -2.23. The second-order valence-corrected chi connectivity index (χ2v) is 5.88. The highest BCUT2D eigenvalue weighted by Crippen LogP contribution is 2.29. The van der Waals surface area contributed by atoms with Crippen molar-refractivity contribution in [1.29, 1.82) is 0 Å². The van der Waals surface area contributed by atoms with E-state index in [0.29, 0.717) is 16.8 Å². The monoisotopic (exact) mass is 348 g/mol. The van der Waals surface area contributed by atoms with Gasteiger partial charge in [0, 0.05) is 23.1 Å². The number of hydrogen-bond donors (Lipinski definition) is 2. The Morgan fingerprint density at radius 3 is 2.67 bits per heavy atom. The van der Waals surface area contributed by atoms with Gasteiger partial charge in [0.25, 0.3) is 5.56 Å².